The van der Waals surface area contributed by atoms with Crippen LogP contribution in [0.5, 0.6) is 0 Å². The molecule has 2 unspecified atom stereocenters. The van der Waals surface area contributed by atoms with Crippen molar-refractivity contribution in [3.05, 3.63) is 95.8 Å². The van der Waals surface area contributed by atoms with Gasteiger partial charge in [-0.2, -0.15) is 0 Å². The van der Waals surface area contributed by atoms with Crippen LogP contribution in [0.3, 0.4) is 0 Å². The fourth-order valence-electron chi connectivity index (χ4n) is 5.01. The topological polar surface area (TPSA) is 128 Å². The number of piperazine rings is 1. The predicted octanol–water partition coefficient (Wildman–Crippen LogP) is 2.91. The Hall–Kier alpha value is -4.61. The van der Waals surface area contributed by atoms with Gasteiger partial charge in [-0.25, -0.2) is 4.79 Å². The smallest absolute Gasteiger partial charge is 0.414 e. The minimum Gasteiger partial charge on any atom is -0.460 e. The highest BCUT2D eigenvalue weighted by atomic mass is 16.6. The normalized spacial score (nSPS) is 18.3. The van der Waals surface area contributed by atoms with Crippen LogP contribution in [0, 0.1) is 5.41 Å². The van der Waals surface area contributed by atoms with E-state index in [0.29, 0.717) is 29.9 Å². The number of carbonyl (C=O) groups excluding carboxylic acids is 3. The van der Waals surface area contributed by atoms with Crippen molar-refractivity contribution in [2.24, 2.45) is 0 Å². The van der Waals surface area contributed by atoms with Crippen molar-refractivity contribution in [1.29, 1.82) is 5.41 Å². The first-order chi connectivity index (χ1) is 20.4. The van der Waals surface area contributed by atoms with Crippen molar-refractivity contribution in [1.82, 2.24) is 20.1 Å². The summed E-state index contributed by atoms with van der Waals surface area (Å²) >= 11 is 0. The molecular weight excluding hydrogens is 536 g/mol. The van der Waals surface area contributed by atoms with Gasteiger partial charge in [0.25, 0.3) is 5.91 Å². The van der Waals surface area contributed by atoms with Crippen molar-refractivity contribution in [3.8, 4) is 0 Å². The van der Waals surface area contributed by atoms with E-state index in [4.69, 9.17) is 14.9 Å². The van der Waals surface area contributed by atoms with Crippen LogP contribution in [0.25, 0.3) is 0 Å². The number of ether oxygens (including phenoxy) is 2. The highest BCUT2D eigenvalue weighted by molar-refractivity contribution is 6.11. The third kappa shape index (κ3) is 7.17. The zero-order chi connectivity index (χ0) is 29.5. The zero-order valence-electron chi connectivity index (χ0n) is 23.4. The number of pyridine rings is 1. The number of cyclic esters (lactones) is 1. The maximum atomic E-state index is 12.6. The van der Waals surface area contributed by atoms with Crippen molar-refractivity contribution >= 4 is 29.5 Å². The molecule has 2 atom stereocenters. The Bertz CT molecular complexity index is 1390. The van der Waals surface area contributed by atoms with E-state index in [9.17, 15) is 14.4 Å². The van der Waals surface area contributed by atoms with Crippen LogP contribution in [0.1, 0.15) is 28.4 Å². The summed E-state index contributed by atoms with van der Waals surface area (Å²) in [6, 6.07) is 19.4. The van der Waals surface area contributed by atoms with E-state index in [1.54, 1.807) is 47.5 Å². The summed E-state index contributed by atoms with van der Waals surface area (Å²) in [6.07, 6.45) is 2.31. The SMILES string of the molecule is CC(C(=O)OCc1ccccc1)N1CCN(CC2CN(c3ccc(C(=N)NC(=O)c4cccnc4)cc3)C(=O)O2)CC1. The molecule has 2 saturated heterocycles. The number of hydrogen-bond acceptors (Lipinski definition) is 9. The highest BCUT2D eigenvalue weighted by Crippen LogP contribution is 2.23. The second kappa shape index (κ2) is 13.4. The fraction of sp³-hybridized carbons (Fsp3) is 0.323. The van der Waals surface area contributed by atoms with Gasteiger partial charge in [0.05, 0.1) is 12.1 Å². The molecule has 2 aromatic carbocycles. The molecule has 1 aromatic heterocycles. The van der Waals surface area contributed by atoms with Gasteiger partial charge in [-0.05, 0) is 48.9 Å². The zero-order valence-corrected chi connectivity index (χ0v) is 23.4. The van der Waals surface area contributed by atoms with Gasteiger partial charge >= 0.3 is 12.1 Å². The third-order valence-corrected chi connectivity index (χ3v) is 7.49. The Balaban J connectivity index is 1.06. The summed E-state index contributed by atoms with van der Waals surface area (Å²) < 4.78 is 11.2. The Kier molecular flexibility index (Phi) is 9.20. The molecule has 2 aliphatic rings. The van der Waals surface area contributed by atoms with Crippen LogP contribution in [-0.4, -0.2) is 90.0 Å². The molecule has 5 rings (SSSR count). The van der Waals surface area contributed by atoms with Crippen LogP contribution in [-0.2, 0) is 20.9 Å². The summed E-state index contributed by atoms with van der Waals surface area (Å²) in [5, 5.41) is 10.8. The first-order valence-electron chi connectivity index (χ1n) is 13.9. The molecule has 0 spiro atoms. The molecule has 2 aliphatic heterocycles. The first kappa shape index (κ1) is 28.9. The Labute approximate surface area is 244 Å². The average Bonchev–Trinajstić information content (AvgIpc) is 3.40. The Morgan fingerprint density at radius 2 is 1.76 bits per heavy atom. The number of esters is 1. The Morgan fingerprint density at radius 1 is 1.02 bits per heavy atom. The van der Waals surface area contributed by atoms with E-state index in [1.165, 1.54) is 6.20 Å². The fourth-order valence-corrected chi connectivity index (χ4v) is 5.01. The molecule has 0 aliphatic carbocycles. The monoisotopic (exact) mass is 570 g/mol. The molecule has 0 saturated carbocycles. The van der Waals surface area contributed by atoms with Crippen LogP contribution in [0.15, 0.2) is 79.1 Å². The number of rotatable bonds is 9. The summed E-state index contributed by atoms with van der Waals surface area (Å²) in [4.78, 5) is 47.4. The number of benzene rings is 2. The van der Waals surface area contributed by atoms with Crippen LogP contribution >= 0.6 is 0 Å². The number of anilines is 1. The van der Waals surface area contributed by atoms with Gasteiger partial charge in [0, 0.05) is 56.4 Å². The maximum Gasteiger partial charge on any atom is 0.414 e. The van der Waals surface area contributed by atoms with Gasteiger partial charge in [0.15, 0.2) is 0 Å². The van der Waals surface area contributed by atoms with Crippen molar-refractivity contribution in [2.75, 3.05) is 44.2 Å². The number of nitrogens with zero attached hydrogens (tertiary/aromatic N) is 4. The molecule has 0 bridgehead atoms. The average molecular weight is 571 g/mol. The quantitative estimate of drug-likeness (QED) is 0.228. The van der Waals surface area contributed by atoms with E-state index in [0.717, 1.165) is 31.7 Å². The molecule has 3 aromatic rings. The van der Waals surface area contributed by atoms with Crippen LogP contribution in [0.2, 0.25) is 0 Å². The van der Waals surface area contributed by atoms with Crippen molar-refractivity contribution in [2.45, 2.75) is 25.7 Å². The third-order valence-electron chi connectivity index (χ3n) is 7.49. The number of aromatic nitrogens is 1. The lowest BCUT2D eigenvalue weighted by atomic mass is 10.1. The van der Waals surface area contributed by atoms with E-state index in [1.807, 2.05) is 37.3 Å². The minimum absolute atomic E-state index is 0.0461. The second-order valence-corrected chi connectivity index (χ2v) is 10.3. The minimum atomic E-state index is -0.416. The number of amidine groups is 1. The van der Waals surface area contributed by atoms with Crippen LogP contribution in [0.4, 0.5) is 10.5 Å². The lowest BCUT2D eigenvalue weighted by Crippen LogP contribution is -2.53. The first-order valence-corrected chi connectivity index (χ1v) is 13.9. The molecular formula is C31H34N6O5. The van der Waals surface area contributed by atoms with Crippen LogP contribution < -0.4 is 10.2 Å². The summed E-state index contributed by atoms with van der Waals surface area (Å²) in [7, 11) is 0. The largest absolute Gasteiger partial charge is 0.460 e. The molecule has 42 heavy (non-hydrogen) atoms. The number of amides is 2. The van der Waals surface area contributed by atoms with E-state index < -0.39 is 12.0 Å². The van der Waals surface area contributed by atoms with E-state index >= 15 is 0 Å². The summed E-state index contributed by atoms with van der Waals surface area (Å²) in [6.45, 7) is 6.11. The van der Waals surface area contributed by atoms with Crippen molar-refractivity contribution in [3.63, 3.8) is 0 Å². The van der Waals surface area contributed by atoms with Gasteiger partial charge in [-0.1, -0.05) is 30.3 Å². The highest BCUT2D eigenvalue weighted by Gasteiger charge is 2.35. The molecule has 0 radical (unpaired) electrons. The summed E-state index contributed by atoms with van der Waals surface area (Å²) in [5.41, 5.74) is 2.49. The standard InChI is InChI=1S/C31H34N6O5/c1-22(30(39)41-21-23-6-3-2-4-7-23)36-16-14-35(15-17-36)19-27-20-37(31(40)42-27)26-11-9-24(10-12-26)28(32)34-29(38)25-8-5-13-33-18-25/h2-13,18,22,27H,14-17,19-21H2,1H3,(H2,32,34,38). The lowest BCUT2D eigenvalue weighted by molar-refractivity contribution is -0.151. The Morgan fingerprint density at radius 3 is 2.45 bits per heavy atom. The molecule has 2 N–H and O–H groups in total. The molecule has 2 fully saturated rings. The van der Waals surface area contributed by atoms with E-state index in [2.05, 4.69) is 20.1 Å². The molecule has 218 valence electrons. The maximum absolute atomic E-state index is 12.6. The molecule has 3 heterocycles. The second-order valence-electron chi connectivity index (χ2n) is 10.3. The van der Waals surface area contributed by atoms with Gasteiger partial charge in [-0.15, -0.1) is 0 Å². The van der Waals surface area contributed by atoms with Crippen molar-refractivity contribution < 1.29 is 23.9 Å². The van der Waals surface area contributed by atoms with Gasteiger partial charge < -0.3 is 14.8 Å². The van der Waals surface area contributed by atoms with Gasteiger partial charge in [0.1, 0.15) is 24.6 Å². The number of nitrogens with one attached hydrogen (secondary N) is 2. The summed E-state index contributed by atoms with van der Waals surface area (Å²) in [5.74, 6) is -0.693. The molecule has 11 nitrogen and oxygen atoms in total. The molecule has 2 amide bonds. The lowest BCUT2D eigenvalue weighted by Gasteiger charge is -2.37. The van der Waals surface area contributed by atoms with Gasteiger partial charge in [-0.3, -0.25) is 34.7 Å². The number of carbonyl (C=O) groups is 3. The van der Waals surface area contributed by atoms with Gasteiger partial charge in [0.2, 0.25) is 0 Å². The van der Waals surface area contributed by atoms with E-state index in [-0.39, 0.29) is 30.6 Å². The predicted molar refractivity (Wildman–Crippen MR) is 156 cm³/mol. The molecule has 11 heteroatoms. The number of hydrogen-bond donors (Lipinski definition) is 2.